The lowest BCUT2D eigenvalue weighted by Crippen LogP contribution is -2.60. The number of aliphatic hydroxyl groups is 1. The average molecular weight is 370 g/mol. The third kappa shape index (κ3) is 7.96. The van der Waals surface area contributed by atoms with E-state index in [-0.39, 0.29) is 12.6 Å². The molecule has 26 heavy (non-hydrogen) atoms. The Bertz CT molecular complexity index is 385. The zero-order valence-corrected chi connectivity index (χ0v) is 17.7. The Morgan fingerprint density at radius 1 is 1.04 bits per heavy atom. The molecule has 1 rings (SSSR count). The number of hydrogen-bond donors (Lipinski definition) is 2. The number of carbonyl (C=O) groups is 1. The minimum absolute atomic E-state index is 0.0494. The molecular weight excluding hydrogens is 326 g/mol. The highest BCUT2D eigenvalue weighted by atomic mass is 16.6. The Hall–Kier alpha value is -0.610. The van der Waals surface area contributed by atoms with Crippen molar-refractivity contribution in [3.63, 3.8) is 0 Å². The van der Waals surface area contributed by atoms with Gasteiger partial charge in [0.25, 0.3) is 0 Å². The van der Waals surface area contributed by atoms with Crippen LogP contribution in [0.25, 0.3) is 0 Å². The summed E-state index contributed by atoms with van der Waals surface area (Å²) in [7, 11) is 0. The van der Waals surface area contributed by atoms with Gasteiger partial charge in [0.1, 0.15) is 11.1 Å². The lowest BCUT2D eigenvalue weighted by atomic mass is 9.71. The second kappa shape index (κ2) is 12.0. The van der Waals surface area contributed by atoms with Gasteiger partial charge in [-0.05, 0) is 46.0 Å². The lowest BCUT2D eigenvalue weighted by molar-refractivity contribution is -0.167. The molecule has 0 spiro atoms. The van der Waals surface area contributed by atoms with Crippen LogP contribution in [0.1, 0.15) is 105 Å². The van der Waals surface area contributed by atoms with Crippen LogP contribution in [0, 0.1) is 5.92 Å². The smallest absolute Gasteiger partial charge is 0.327 e. The van der Waals surface area contributed by atoms with Gasteiger partial charge in [-0.15, -0.1) is 0 Å². The minimum Gasteiger partial charge on any atom is -0.459 e. The first-order valence-electron chi connectivity index (χ1n) is 10.9. The van der Waals surface area contributed by atoms with Crippen LogP contribution >= 0.6 is 0 Å². The molecule has 4 heteroatoms. The molecule has 0 radical (unpaired) electrons. The number of nitrogens with one attached hydrogen (secondary N) is 1. The predicted molar refractivity (Wildman–Crippen MR) is 108 cm³/mol. The molecule has 1 fully saturated rings. The average Bonchev–Trinajstić information content (AvgIpc) is 2.60. The van der Waals surface area contributed by atoms with Gasteiger partial charge in [-0.3, -0.25) is 10.1 Å². The molecule has 1 saturated carbocycles. The van der Waals surface area contributed by atoms with Gasteiger partial charge in [-0.1, -0.05) is 64.7 Å². The quantitative estimate of drug-likeness (QED) is 0.376. The third-order valence-corrected chi connectivity index (χ3v) is 5.54. The number of unbranched alkanes of at least 4 members (excludes halogenated alkanes) is 5. The number of rotatable bonds is 12. The molecule has 1 atom stereocenters. The first-order valence-corrected chi connectivity index (χ1v) is 10.9. The van der Waals surface area contributed by atoms with Crippen molar-refractivity contribution >= 4 is 5.97 Å². The Morgan fingerprint density at radius 2 is 1.65 bits per heavy atom. The van der Waals surface area contributed by atoms with Crippen molar-refractivity contribution in [3.05, 3.63) is 0 Å². The molecule has 0 saturated heterocycles. The summed E-state index contributed by atoms with van der Waals surface area (Å²) in [5.41, 5.74) is -1.12. The zero-order valence-electron chi connectivity index (χ0n) is 17.7. The van der Waals surface area contributed by atoms with E-state index < -0.39 is 11.1 Å². The van der Waals surface area contributed by atoms with E-state index in [1.54, 1.807) is 0 Å². The van der Waals surface area contributed by atoms with Gasteiger partial charge in [0.05, 0.1) is 6.61 Å². The van der Waals surface area contributed by atoms with Crippen molar-refractivity contribution in [1.82, 2.24) is 5.32 Å². The largest absolute Gasteiger partial charge is 0.459 e. The molecule has 1 aliphatic carbocycles. The van der Waals surface area contributed by atoms with E-state index in [4.69, 9.17) is 4.74 Å². The molecule has 1 unspecified atom stereocenters. The highest BCUT2D eigenvalue weighted by molar-refractivity contribution is 5.81. The molecule has 1 aliphatic rings. The van der Waals surface area contributed by atoms with Gasteiger partial charge in [0.15, 0.2) is 0 Å². The Balaban J connectivity index is 2.87. The topological polar surface area (TPSA) is 58.6 Å². The van der Waals surface area contributed by atoms with Crippen molar-refractivity contribution in [1.29, 1.82) is 0 Å². The van der Waals surface area contributed by atoms with Gasteiger partial charge < -0.3 is 9.84 Å². The molecule has 4 nitrogen and oxygen atoms in total. The Kier molecular flexibility index (Phi) is 10.8. The summed E-state index contributed by atoms with van der Waals surface area (Å²) in [6, 6.07) is 0. The van der Waals surface area contributed by atoms with Crippen LogP contribution in [-0.4, -0.2) is 35.4 Å². The van der Waals surface area contributed by atoms with Crippen LogP contribution < -0.4 is 5.32 Å². The van der Waals surface area contributed by atoms with Crippen molar-refractivity contribution in [2.24, 2.45) is 5.92 Å². The molecule has 2 N–H and O–H groups in total. The van der Waals surface area contributed by atoms with E-state index in [0.29, 0.717) is 12.5 Å². The molecule has 0 heterocycles. The van der Waals surface area contributed by atoms with Crippen LogP contribution in [0.3, 0.4) is 0 Å². The maximum atomic E-state index is 13.3. The fourth-order valence-electron chi connectivity index (χ4n) is 4.21. The van der Waals surface area contributed by atoms with Gasteiger partial charge in [0.2, 0.25) is 0 Å². The number of aliphatic hydroxyl groups excluding tert-OH is 1. The van der Waals surface area contributed by atoms with Crippen molar-refractivity contribution in [2.45, 2.75) is 116 Å². The van der Waals surface area contributed by atoms with Crippen LogP contribution in [0.15, 0.2) is 0 Å². The van der Waals surface area contributed by atoms with E-state index in [0.717, 1.165) is 32.1 Å². The van der Waals surface area contributed by atoms with E-state index in [1.807, 2.05) is 20.8 Å². The fourth-order valence-corrected chi connectivity index (χ4v) is 4.21. The van der Waals surface area contributed by atoms with Crippen molar-refractivity contribution in [2.75, 3.05) is 13.2 Å². The van der Waals surface area contributed by atoms with Gasteiger partial charge in [-0.2, -0.15) is 0 Å². The van der Waals surface area contributed by atoms with Gasteiger partial charge >= 0.3 is 5.97 Å². The summed E-state index contributed by atoms with van der Waals surface area (Å²) >= 11 is 0. The van der Waals surface area contributed by atoms with Crippen LogP contribution in [0.2, 0.25) is 0 Å². The molecule has 0 aromatic rings. The summed E-state index contributed by atoms with van der Waals surface area (Å²) in [6.45, 7) is 8.54. The normalized spacial score (nSPS) is 18.5. The van der Waals surface area contributed by atoms with E-state index in [1.165, 1.54) is 44.9 Å². The summed E-state index contributed by atoms with van der Waals surface area (Å²) in [6.07, 6.45) is 13.9. The van der Waals surface area contributed by atoms with Crippen LogP contribution in [-0.2, 0) is 9.53 Å². The monoisotopic (exact) mass is 369 g/mol. The molecule has 0 aromatic carbocycles. The SMILES string of the molecule is CCCCCCCCC(NCCO)(C(=O)OC(C)(C)C)C1CCCCC1. The molecule has 154 valence electrons. The number of hydrogen-bond acceptors (Lipinski definition) is 4. The van der Waals surface area contributed by atoms with E-state index >= 15 is 0 Å². The zero-order chi connectivity index (χ0) is 19.5. The fraction of sp³-hybridized carbons (Fsp3) is 0.955. The second-order valence-corrected chi connectivity index (χ2v) is 8.98. The lowest BCUT2D eigenvalue weighted by Gasteiger charge is -2.43. The summed E-state index contributed by atoms with van der Waals surface area (Å²) < 4.78 is 5.87. The second-order valence-electron chi connectivity index (χ2n) is 8.98. The summed E-state index contributed by atoms with van der Waals surface area (Å²) in [5, 5.41) is 12.8. The Morgan fingerprint density at radius 3 is 2.23 bits per heavy atom. The number of carbonyl (C=O) groups excluding carboxylic acids is 1. The molecule has 0 bridgehead atoms. The van der Waals surface area contributed by atoms with Gasteiger partial charge in [-0.25, -0.2) is 0 Å². The standard InChI is InChI=1S/C22H43NO3/c1-5-6-7-8-9-13-16-22(23-17-18-24,19-14-11-10-12-15-19)20(25)26-21(2,3)4/h19,23-24H,5-18H2,1-4H3. The Labute approximate surface area is 161 Å². The van der Waals surface area contributed by atoms with Crippen LogP contribution in [0.5, 0.6) is 0 Å². The number of esters is 1. The van der Waals surface area contributed by atoms with Crippen LogP contribution in [0.4, 0.5) is 0 Å². The predicted octanol–water partition coefficient (Wildman–Crippen LogP) is 4.98. The highest BCUT2D eigenvalue weighted by Gasteiger charge is 2.47. The maximum Gasteiger partial charge on any atom is 0.327 e. The first kappa shape index (κ1) is 23.4. The highest BCUT2D eigenvalue weighted by Crippen LogP contribution is 2.38. The third-order valence-electron chi connectivity index (χ3n) is 5.54. The minimum atomic E-state index is -0.638. The number of ether oxygens (including phenoxy) is 1. The number of β-amino-alcohol motifs (C(OH)–C–C–N with tert-alkyl or cyclic N) is 1. The molecule has 0 amide bonds. The maximum absolute atomic E-state index is 13.3. The molecular formula is C22H43NO3. The van der Waals surface area contributed by atoms with Gasteiger partial charge in [0, 0.05) is 6.54 Å². The summed E-state index contributed by atoms with van der Waals surface area (Å²) in [5.74, 6) is 0.201. The van der Waals surface area contributed by atoms with Crippen molar-refractivity contribution in [3.8, 4) is 0 Å². The summed E-state index contributed by atoms with van der Waals surface area (Å²) in [4.78, 5) is 13.3. The molecule has 0 aliphatic heterocycles. The van der Waals surface area contributed by atoms with Crippen molar-refractivity contribution < 1.29 is 14.6 Å². The first-order chi connectivity index (χ1) is 12.4. The van der Waals surface area contributed by atoms with E-state index in [9.17, 15) is 9.90 Å². The van der Waals surface area contributed by atoms with E-state index in [2.05, 4.69) is 12.2 Å². The molecule has 0 aromatic heterocycles.